The van der Waals surface area contributed by atoms with Gasteiger partial charge >= 0.3 is 0 Å². The van der Waals surface area contributed by atoms with E-state index in [1.165, 1.54) is 4.90 Å². The van der Waals surface area contributed by atoms with Crippen LogP contribution in [0.4, 0.5) is 0 Å². The number of imide groups is 1. The Bertz CT molecular complexity index is 336. The normalized spacial score (nSPS) is 17.8. The first kappa shape index (κ1) is 13.5. The molecule has 0 aromatic heterocycles. The predicted octanol–water partition coefficient (Wildman–Crippen LogP) is 2.27. The first-order valence-electron chi connectivity index (χ1n) is 6.14. The number of rotatable bonds is 6. The van der Waals surface area contributed by atoms with Gasteiger partial charge in [-0.15, -0.1) is 12.3 Å². The summed E-state index contributed by atoms with van der Waals surface area (Å²) in [6, 6.07) is -0.121. The van der Waals surface area contributed by atoms with Gasteiger partial charge in [0, 0.05) is 19.3 Å². The highest BCUT2D eigenvalue weighted by Gasteiger charge is 2.33. The van der Waals surface area contributed by atoms with Gasteiger partial charge in [-0.3, -0.25) is 14.5 Å². The molecule has 0 N–H and O–H groups in total. The zero-order chi connectivity index (χ0) is 12.7. The third kappa shape index (κ3) is 3.74. The van der Waals surface area contributed by atoms with E-state index in [4.69, 9.17) is 6.42 Å². The van der Waals surface area contributed by atoms with Gasteiger partial charge in [0.25, 0.3) is 0 Å². The van der Waals surface area contributed by atoms with E-state index in [9.17, 15) is 9.59 Å². The van der Waals surface area contributed by atoms with Crippen LogP contribution < -0.4 is 0 Å². The second-order valence-electron chi connectivity index (χ2n) is 4.18. The Morgan fingerprint density at radius 2 is 2.00 bits per heavy atom. The fourth-order valence-corrected chi connectivity index (χ4v) is 2.03. The summed E-state index contributed by atoms with van der Waals surface area (Å²) in [6.45, 7) is 2.07. The van der Waals surface area contributed by atoms with Gasteiger partial charge in [-0.2, -0.15) is 0 Å². The molecule has 0 spiro atoms. The van der Waals surface area contributed by atoms with Crippen LogP contribution in [-0.2, 0) is 9.59 Å². The van der Waals surface area contributed by atoms with Gasteiger partial charge in [-0.25, -0.2) is 0 Å². The first-order valence-corrected chi connectivity index (χ1v) is 6.14. The van der Waals surface area contributed by atoms with E-state index in [-0.39, 0.29) is 17.9 Å². The number of likely N-dealkylation sites (tertiary alicyclic amines) is 1. The Hall–Kier alpha value is -1.56. The van der Waals surface area contributed by atoms with Crippen LogP contribution in [0.5, 0.6) is 0 Å². The van der Waals surface area contributed by atoms with Crippen molar-refractivity contribution in [2.24, 2.45) is 0 Å². The summed E-state index contributed by atoms with van der Waals surface area (Å²) in [5.74, 6) is 2.41. The molecule has 0 aromatic carbocycles. The Morgan fingerprint density at radius 3 is 2.53 bits per heavy atom. The van der Waals surface area contributed by atoms with E-state index in [1.54, 1.807) is 0 Å². The van der Waals surface area contributed by atoms with Crippen molar-refractivity contribution in [3.8, 4) is 12.3 Å². The highest BCUT2D eigenvalue weighted by atomic mass is 16.2. The van der Waals surface area contributed by atoms with Crippen LogP contribution in [0.2, 0.25) is 0 Å². The molecule has 0 saturated carbocycles. The Morgan fingerprint density at radius 1 is 1.35 bits per heavy atom. The SMILES string of the molecule is C#CC[C@@H](CC/C=C\CC)N1C(=O)CCC1=O. The molecule has 92 valence electrons. The fraction of sp³-hybridized carbons (Fsp3) is 0.571. The molecule has 1 heterocycles. The topological polar surface area (TPSA) is 37.4 Å². The largest absolute Gasteiger partial charge is 0.279 e. The smallest absolute Gasteiger partial charge is 0.229 e. The number of hydrogen-bond acceptors (Lipinski definition) is 2. The third-order valence-corrected chi connectivity index (χ3v) is 2.88. The van der Waals surface area contributed by atoms with Crippen LogP contribution >= 0.6 is 0 Å². The molecular weight excluding hydrogens is 214 g/mol. The molecular formula is C14H19NO2. The fourth-order valence-electron chi connectivity index (χ4n) is 2.03. The van der Waals surface area contributed by atoms with Crippen molar-refractivity contribution in [3.63, 3.8) is 0 Å². The summed E-state index contributed by atoms with van der Waals surface area (Å²) < 4.78 is 0. The van der Waals surface area contributed by atoms with Crippen LogP contribution in [-0.4, -0.2) is 22.8 Å². The Balaban J connectivity index is 2.59. The second-order valence-corrected chi connectivity index (χ2v) is 4.18. The summed E-state index contributed by atoms with van der Waals surface area (Å²) in [6.07, 6.45) is 13.2. The molecule has 1 aliphatic rings. The Labute approximate surface area is 103 Å². The van der Waals surface area contributed by atoms with Gasteiger partial charge in [-0.1, -0.05) is 19.1 Å². The number of hydrogen-bond donors (Lipinski definition) is 0. The first-order chi connectivity index (χ1) is 8.20. The maximum absolute atomic E-state index is 11.6. The molecule has 0 unspecified atom stereocenters. The molecule has 1 aliphatic heterocycles. The van der Waals surface area contributed by atoms with E-state index in [1.807, 2.05) is 0 Å². The zero-order valence-electron chi connectivity index (χ0n) is 10.3. The van der Waals surface area contributed by atoms with Crippen molar-refractivity contribution in [2.75, 3.05) is 0 Å². The van der Waals surface area contributed by atoms with E-state index < -0.39 is 0 Å². The maximum atomic E-state index is 11.6. The van der Waals surface area contributed by atoms with Gasteiger partial charge in [0.2, 0.25) is 11.8 Å². The minimum Gasteiger partial charge on any atom is -0.279 e. The molecule has 2 amide bonds. The molecule has 0 bridgehead atoms. The monoisotopic (exact) mass is 233 g/mol. The lowest BCUT2D eigenvalue weighted by Gasteiger charge is -2.24. The second kappa shape index (κ2) is 6.90. The number of terminal acetylenes is 1. The van der Waals surface area contributed by atoms with Crippen LogP contribution in [0, 0.1) is 12.3 Å². The number of amides is 2. The molecule has 3 nitrogen and oxygen atoms in total. The van der Waals surface area contributed by atoms with Gasteiger partial charge in [-0.05, 0) is 19.3 Å². The summed E-state index contributed by atoms with van der Waals surface area (Å²) in [5, 5.41) is 0. The van der Waals surface area contributed by atoms with Crippen LogP contribution in [0.15, 0.2) is 12.2 Å². The molecule has 3 heteroatoms. The van der Waals surface area contributed by atoms with Crippen molar-refractivity contribution in [1.82, 2.24) is 4.90 Å². The van der Waals surface area contributed by atoms with Gasteiger partial charge in [0.15, 0.2) is 0 Å². The Kier molecular flexibility index (Phi) is 5.48. The van der Waals surface area contributed by atoms with Gasteiger partial charge in [0.05, 0.1) is 6.04 Å². The highest BCUT2D eigenvalue weighted by molar-refractivity contribution is 6.02. The van der Waals surface area contributed by atoms with Crippen molar-refractivity contribution in [2.45, 2.75) is 51.5 Å². The molecule has 1 saturated heterocycles. The number of carbonyl (C=O) groups is 2. The van der Waals surface area contributed by atoms with E-state index in [0.717, 1.165) is 19.3 Å². The molecule has 0 aromatic rings. The summed E-state index contributed by atoms with van der Waals surface area (Å²) in [4.78, 5) is 24.6. The minimum absolute atomic E-state index is 0.0743. The van der Waals surface area contributed by atoms with Gasteiger partial charge < -0.3 is 0 Å². The van der Waals surface area contributed by atoms with Crippen molar-refractivity contribution in [1.29, 1.82) is 0 Å². The number of allylic oxidation sites excluding steroid dienone is 2. The highest BCUT2D eigenvalue weighted by Crippen LogP contribution is 2.20. The third-order valence-electron chi connectivity index (χ3n) is 2.88. The standard InChI is InChI=1S/C14H19NO2/c1-3-5-6-7-9-12(8-4-2)15-13(16)10-11-14(15)17/h2,5-6,12H,3,7-11H2,1H3/b6-5-/t12-/m0/s1. The molecule has 1 fully saturated rings. The quantitative estimate of drug-likeness (QED) is 0.401. The van der Waals surface area contributed by atoms with Crippen LogP contribution in [0.1, 0.15) is 45.4 Å². The average Bonchev–Trinajstić information content (AvgIpc) is 2.63. The molecule has 0 radical (unpaired) electrons. The van der Waals surface area contributed by atoms with E-state index in [2.05, 4.69) is 25.0 Å². The lowest BCUT2D eigenvalue weighted by molar-refractivity contribution is -0.141. The number of carbonyl (C=O) groups excluding carboxylic acids is 2. The predicted molar refractivity (Wildman–Crippen MR) is 67.0 cm³/mol. The van der Waals surface area contributed by atoms with Crippen LogP contribution in [0.3, 0.4) is 0 Å². The molecule has 1 atom stereocenters. The molecule has 0 aliphatic carbocycles. The lowest BCUT2D eigenvalue weighted by atomic mass is 10.1. The zero-order valence-corrected chi connectivity index (χ0v) is 10.3. The minimum atomic E-state index is -0.121. The summed E-state index contributed by atoms with van der Waals surface area (Å²) >= 11 is 0. The van der Waals surface area contributed by atoms with Crippen LogP contribution in [0.25, 0.3) is 0 Å². The number of nitrogens with zero attached hydrogens (tertiary/aromatic N) is 1. The van der Waals surface area contributed by atoms with Gasteiger partial charge in [0.1, 0.15) is 0 Å². The van der Waals surface area contributed by atoms with E-state index in [0.29, 0.717) is 19.3 Å². The average molecular weight is 233 g/mol. The summed E-state index contributed by atoms with van der Waals surface area (Å²) in [7, 11) is 0. The van der Waals surface area contributed by atoms with Crippen molar-refractivity contribution < 1.29 is 9.59 Å². The maximum Gasteiger partial charge on any atom is 0.229 e. The summed E-state index contributed by atoms with van der Waals surface area (Å²) in [5.41, 5.74) is 0. The van der Waals surface area contributed by atoms with E-state index >= 15 is 0 Å². The van der Waals surface area contributed by atoms with Crippen molar-refractivity contribution in [3.05, 3.63) is 12.2 Å². The van der Waals surface area contributed by atoms with Crippen molar-refractivity contribution >= 4 is 11.8 Å². The molecule has 1 rings (SSSR count). The lowest BCUT2D eigenvalue weighted by Crippen LogP contribution is -2.39. The molecule has 17 heavy (non-hydrogen) atoms.